The van der Waals surface area contributed by atoms with E-state index >= 15 is 0 Å². The SMILES string of the molecule is O=S(=O)(F)CC#Cc1ccccc1. The van der Waals surface area contributed by atoms with Crippen molar-refractivity contribution in [2.75, 3.05) is 5.75 Å². The van der Waals surface area contributed by atoms with Crippen molar-refractivity contribution < 1.29 is 12.3 Å². The smallest absolute Gasteiger partial charge is 0.194 e. The number of halogens is 1. The molecule has 1 rings (SSSR count). The zero-order chi connectivity index (χ0) is 9.73. The lowest BCUT2D eigenvalue weighted by Gasteiger charge is -1.85. The molecule has 0 fully saturated rings. The summed E-state index contributed by atoms with van der Waals surface area (Å²) in [6.45, 7) is 0. The number of hydrogen-bond donors (Lipinski definition) is 0. The molecule has 4 heteroatoms. The van der Waals surface area contributed by atoms with Crippen molar-refractivity contribution >= 4 is 10.2 Å². The molecule has 0 spiro atoms. The van der Waals surface area contributed by atoms with Crippen molar-refractivity contribution in [3.63, 3.8) is 0 Å². The molecule has 0 bridgehead atoms. The first-order valence-electron chi connectivity index (χ1n) is 3.54. The van der Waals surface area contributed by atoms with Crippen molar-refractivity contribution in [2.45, 2.75) is 0 Å². The van der Waals surface area contributed by atoms with Crippen LogP contribution in [0.4, 0.5) is 3.89 Å². The topological polar surface area (TPSA) is 34.1 Å². The number of rotatable bonds is 1. The third-order valence-corrected chi connectivity index (χ3v) is 1.74. The molecule has 0 amide bonds. The van der Waals surface area contributed by atoms with E-state index < -0.39 is 16.0 Å². The molecule has 68 valence electrons. The van der Waals surface area contributed by atoms with E-state index in [-0.39, 0.29) is 0 Å². The molecule has 0 N–H and O–H groups in total. The fourth-order valence-electron chi connectivity index (χ4n) is 0.746. The van der Waals surface area contributed by atoms with Crippen LogP contribution in [0.5, 0.6) is 0 Å². The van der Waals surface area contributed by atoms with Gasteiger partial charge in [0, 0.05) is 5.56 Å². The summed E-state index contributed by atoms with van der Waals surface area (Å²) >= 11 is 0. The molecule has 0 saturated carbocycles. The third-order valence-electron chi connectivity index (χ3n) is 1.25. The van der Waals surface area contributed by atoms with Crippen LogP contribution >= 0.6 is 0 Å². The predicted molar refractivity (Wildman–Crippen MR) is 48.2 cm³/mol. The van der Waals surface area contributed by atoms with Crippen LogP contribution < -0.4 is 0 Å². The molecule has 1 aromatic carbocycles. The summed E-state index contributed by atoms with van der Waals surface area (Å²) in [7, 11) is -4.47. The zero-order valence-electron chi connectivity index (χ0n) is 6.70. The highest BCUT2D eigenvalue weighted by Crippen LogP contribution is 1.95. The summed E-state index contributed by atoms with van der Waals surface area (Å²) in [5, 5.41) is 0. The molecule has 0 heterocycles. The van der Waals surface area contributed by atoms with Gasteiger partial charge in [0.1, 0.15) is 5.75 Å². The molecule has 0 aliphatic rings. The summed E-state index contributed by atoms with van der Waals surface area (Å²) in [6, 6.07) is 8.80. The molecule has 13 heavy (non-hydrogen) atoms. The Morgan fingerprint density at radius 2 is 1.85 bits per heavy atom. The summed E-state index contributed by atoms with van der Waals surface area (Å²) in [5.41, 5.74) is 0.672. The van der Waals surface area contributed by atoms with Gasteiger partial charge in [0.2, 0.25) is 0 Å². The second-order valence-electron chi connectivity index (χ2n) is 2.35. The Morgan fingerprint density at radius 1 is 1.23 bits per heavy atom. The van der Waals surface area contributed by atoms with Gasteiger partial charge in [-0.3, -0.25) is 0 Å². The normalized spacial score (nSPS) is 10.2. The monoisotopic (exact) mass is 198 g/mol. The van der Waals surface area contributed by atoms with Gasteiger partial charge >= 0.3 is 10.2 Å². The maximum Gasteiger partial charge on any atom is 0.313 e. The zero-order valence-corrected chi connectivity index (χ0v) is 7.51. The van der Waals surface area contributed by atoms with Crippen LogP contribution in [0.1, 0.15) is 5.56 Å². The first-order valence-corrected chi connectivity index (χ1v) is 5.09. The highest BCUT2D eigenvalue weighted by Gasteiger charge is 2.01. The summed E-state index contributed by atoms with van der Waals surface area (Å²) in [4.78, 5) is 0. The van der Waals surface area contributed by atoms with Crippen molar-refractivity contribution in [2.24, 2.45) is 0 Å². The standard InChI is InChI=1S/C9H7FO2S/c10-13(11,12)8-4-7-9-5-2-1-3-6-9/h1-3,5-6H,8H2. The molecular weight excluding hydrogens is 191 g/mol. The highest BCUT2D eigenvalue weighted by atomic mass is 32.3. The first kappa shape index (κ1) is 9.75. The lowest BCUT2D eigenvalue weighted by Crippen LogP contribution is -1.94. The largest absolute Gasteiger partial charge is 0.313 e. The number of hydrogen-bond acceptors (Lipinski definition) is 2. The van der Waals surface area contributed by atoms with Gasteiger partial charge in [-0.1, -0.05) is 30.0 Å². The Hall–Kier alpha value is -1.34. The van der Waals surface area contributed by atoms with Gasteiger partial charge in [-0.2, -0.15) is 8.42 Å². The van der Waals surface area contributed by atoms with Gasteiger partial charge in [-0.25, -0.2) is 0 Å². The van der Waals surface area contributed by atoms with Crippen molar-refractivity contribution in [1.29, 1.82) is 0 Å². The molecular formula is C9H7FO2S. The lowest BCUT2D eigenvalue weighted by atomic mass is 10.2. The molecule has 1 aromatic rings. The average Bonchev–Trinajstić information content (AvgIpc) is 2.04. The van der Waals surface area contributed by atoms with Crippen LogP contribution in [-0.4, -0.2) is 14.2 Å². The van der Waals surface area contributed by atoms with Crippen LogP contribution in [0.25, 0.3) is 0 Å². The molecule has 0 aromatic heterocycles. The second-order valence-corrected chi connectivity index (χ2v) is 3.72. The maximum absolute atomic E-state index is 12.0. The van der Waals surface area contributed by atoms with Gasteiger partial charge in [0.25, 0.3) is 0 Å². The Morgan fingerprint density at radius 3 is 2.38 bits per heavy atom. The van der Waals surface area contributed by atoms with Crippen molar-refractivity contribution in [1.82, 2.24) is 0 Å². The minimum absolute atomic E-state index is 0.672. The molecule has 0 unspecified atom stereocenters. The summed E-state index contributed by atoms with van der Waals surface area (Å²) in [5.74, 6) is 4.01. The van der Waals surface area contributed by atoms with Crippen molar-refractivity contribution in [3.8, 4) is 11.8 Å². The Balaban J connectivity index is 2.70. The molecule has 0 aliphatic carbocycles. The Labute approximate surface area is 76.6 Å². The highest BCUT2D eigenvalue weighted by molar-refractivity contribution is 7.86. The van der Waals surface area contributed by atoms with Gasteiger partial charge in [0.15, 0.2) is 0 Å². The van der Waals surface area contributed by atoms with E-state index in [9.17, 15) is 12.3 Å². The molecule has 2 nitrogen and oxygen atoms in total. The van der Waals surface area contributed by atoms with Gasteiger partial charge in [0.05, 0.1) is 0 Å². The Bertz CT molecular complexity index is 426. The summed E-state index contributed by atoms with van der Waals surface area (Å²) in [6.07, 6.45) is 0. The molecule has 0 aliphatic heterocycles. The van der Waals surface area contributed by atoms with E-state index in [1.54, 1.807) is 24.3 Å². The van der Waals surface area contributed by atoms with Crippen LogP contribution in [0, 0.1) is 11.8 Å². The van der Waals surface area contributed by atoms with Crippen LogP contribution in [0.2, 0.25) is 0 Å². The van der Waals surface area contributed by atoms with E-state index in [1.807, 2.05) is 6.07 Å². The predicted octanol–water partition coefficient (Wildman–Crippen LogP) is 1.34. The van der Waals surface area contributed by atoms with E-state index in [1.165, 1.54) is 0 Å². The van der Waals surface area contributed by atoms with Gasteiger partial charge in [-0.05, 0) is 12.1 Å². The minimum Gasteiger partial charge on any atom is -0.194 e. The fourth-order valence-corrected chi connectivity index (χ4v) is 0.990. The summed E-state index contributed by atoms with van der Waals surface area (Å²) < 4.78 is 32.1. The van der Waals surface area contributed by atoms with E-state index in [0.717, 1.165) is 0 Å². The number of benzene rings is 1. The lowest BCUT2D eigenvalue weighted by molar-refractivity contribution is 0.556. The van der Waals surface area contributed by atoms with E-state index in [0.29, 0.717) is 5.56 Å². The maximum atomic E-state index is 12.0. The van der Waals surface area contributed by atoms with E-state index in [2.05, 4.69) is 11.8 Å². The van der Waals surface area contributed by atoms with Crippen LogP contribution in [0.3, 0.4) is 0 Å². The third kappa shape index (κ3) is 4.28. The van der Waals surface area contributed by atoms with Crippen LogP contribution in [-0.2, 0) is 10.2 Å². The van der Waals surface area contributed by atoms with Gasteiger partial charge in [-0.15, -0.1) is 3.89 Å². The van der Waals surface area contributed by atoms with E-state index in [4.69, 9.17) is 0 Å². The molecule has 0 saturated heterocycles. The van der Waals surface area contributed by atoms with Crippen molar-refractivity contribution in [3.05, 3.63) is 35.9 Å². The molecule has 0 atom stereocenters. The molecule has 0 radical (unpaired) electrons. The Kier molecular flexibility index (Phi) is 3.04. The first-order chi connectivity index (χ1) is 6.08. The quantitative estimate of drug-likeness (QED) is 0.504. The minimum atomic E-state index is -4.47. The average molecular weight is 198 g/mol. The van der Waals surface area contributed by atoms with Gasteiger partial charge < -0.3 is 0 Å². The second kappa shape index (κ2) is 4.06. The van der Waals surface area contributed by atoms with Crippen LogP contribution in [0.15, 0.2) is 30.3 Å². The fraction of sp³-hybridized carbons (Fsp3) is 0.111.